The van der Waals surface area contributed by atoms with Crippen LogP contribution in [0.4, 0.5) is 4.39 Å². The van der Waals surface area contributed by atoms with Gasteiger partial charge in [0.05, 0.1) is 6.54 Å². The Morgan fingerprint density at radius 2 is 2.05 bits per heavy atom. The van der Waals surface area contributed by atoms with Crippen molar-refractivity contribution in [3.63, 3.8) is 0 Å². The Labute approximate surface area is 125 Å². The average Bonchev–Trinajstić information content (AvgIpc) is 2.66. The highest BCUT2D eigenvalue weighted by molar-refractivity contribution is 5.69. The zero-order chi connectivity index (χ0) is 15.2. The molecule has 1 N–H and O–H groups in total. The Kier molecular flexibility index (Phi) is 5.70. The maximum Gasteiger partial charge on any atom is 0.317 e. The number of hydrogen-bond acceptors (Lipinski definition) is 3. The number of rotatable bonds is 5. The third-order valence-electron chi connectivity index (χ3n) is 4.08. The van der Waals surface area contributed by atoms with Crippen LogP contribution in [0.15, 0.2) is 24.3 Å². The maximum absolute atomic E-state index is 13.7. The molecular weight excluding hydrogens is 271 g/mol. The van der Waals surface area contributed by atoms with Gasteiger partial charge < -0.3 is 5.11 Å². The highest BCUT2D eigenvalue weighted by Gasteiger charge is 2.21. The number of hydrogen-bond donors (Lipinski definition) is 1. The van der Waals surface area contributed by atoms with Crippen LogP contribution in [0.1, 0.15) is 18.9 Å². The van der Waals surface area contributed by atoms with Gasteiger partial charge in [-0.25, -0.2) is 4.39 Å². The van der Waals surface area contributed by atoms with E-state index >= 15 is 0 Å². The van der Waals surface area contributed by atoms with E-state index in [0.717, 1.165) is 38.2 Å². The lowest BCUT2D eigenvalue weighted by atomic mass is 10.1. The molecule has 1 aliphatic heterocycles. The molecule has 0 aromatic heterocycles. The lowest BCUT2D eigenvalue weighted by molar-refractivity contribution is -0.138. The summed E-state index contributed by atoms with van der Waals surface area (Å²) in [5.74, 6) is -0.922. The Balaban J connectivity index is 1.90. The topological polar surface area (TPSA) is 43.8 Å². The molecular formula is C16H23FN2O2. The van der Waals surface area contributed by atoms with Crippen LogP contribution < -0.4 is 0 Å². The van der Waals surface area contributed by atoms with E-state index in [1.54, 1.807) is 6.07 Å². The maximum atomic E-state index is 13.7. The number of halogens is 1. The molecule has 0 bridgehead atoms. The van der Waals surface area contributed by atoms with E-state index in [1.807, 2.05) is 17.0 Å². The monoisotopic (exact) mass is 294 g/mol. The Hall–Kier alpha value is -1.46. The van der Waals surface area contributed by atoms with Crippen LogP contribution in [0.5, 0.6) is 0 Å². The lowest BCUT2D eigenvalue weighted by Crippen LogP contribution is -2.38. The zero-order valence-electron chi connectivity index (χ0n) is 12.5. The van der Waals surface area contributed by atoms with Crippen molar-refractivity contribution in [3.8, 4) is 0 Å². The van der Waals surface area contributed by atoms with E-state index in [2.05, 4.69) is 11.8 Å². The summed E-state index contributed by atoms with van der Waals surface area (Å²) in [6.45, 7) is 5.56. The molecule has 0 saturated carbocycles. The average molecular weight is 294 g/mol. The second kappa shape index (κ2) is 7.52. The minimum Gasteiger partial charge on any atom is -0.480 e. The molecule has 0 spiro atoms. The number of aliphatic carboxylic acids is 1. The second-order valence-electron chi connectivity index (χ2n) is 5.70. The van der Waals surface area contributed by atoms with Gasteiger partial charge in [0.25, 0.3) is 0 Å². The zero-order valence-corrected chi connectivity index (χ0v) is 12.5. The van der Waals surface area contributed by atoms with Gasteiger partial charge in [-0.3, -0.25) is 14.6 Å². The molecule has 4 nitrogen and oxygen atoms in total. The standard InChI is InChI=1S/C16H23FN2O2/c1-13(11-14-5-2-3-6-15(14)17)19-8-4-7-18(9-10-19)12-16(20)21/h2-3,5-6,13H,4,7-12H2,1H3,(H,20,21). The summed E-state index contributed by atoms with van der Waals surface area (Å²) in [5.41, 5.74) is 0.747. The third kappa shape index (κ3) is 4.79. The molecule has 1 aromatic carbocycles. The first-order valence-corrected chi connectivity index (χ1v) is 7.48. The van der Waals surface area contributed by atoms with Gasteiger partial charge in [0, 0.05) is 25.7 Å². The van der Waals surface area contributed by atoms with Crippen molar-refractivity contribution in [1.29, 1.82) is 0 Å². The van der Waals surface area contributed by atoms with Gasteiger partial charge in [-0.1, -0.05) is 18.2 Å². The predicted molar refractivity (Wildman–Crippen MR) is 79.8 cm³/mol. The van der Waals surface area contributed by atoms with Crippen LogP contribution in [0.25, 0.3) is 0 Å². The van der Waals surface area contributed by atoms with Crippen molar-refractivity contribution in [2.24, 2.45) is 0 Å². The SMILES string of the molecule is CC(Cc1ccccc1F)N1CCCN(CC(=O)O)CC1. The number of carboxylic acid groups (broad SMARTS) is 1. The Bertz CT molecular complexity index is 481. The summed E-state index contributed by atoms with van der Waals surface area (Å²) in [6, 6.07) is 7.16. The van der Waals surface area contributed by atoms with Crippen LogP contribution in [0, 0.1) is 5.82 Å². The molecule has 0 amide bonds. The first-order chi connectivity index (χ1) is 10.1. The van der Waals surface area contributed by atoms with Gasteiger partial charge in [0.15, 0.2) is 0 Å². The first kappa shape index (κ1) is 15.9. The van der Waals surface area contributed by atoms with Gasteiger partial charge in [-0.05, 0) is 37.9 Å². The fraction of sp³-hybridized carbons (Fsp3) is 0.562. The van der Waals surface area contributed by atoms with Gasteiger partial charge in [-0.15, -0.1) is 0 Å². The molecule has 1 unspecified atom stereocenters. The summed E-state index contributed by atoms with van der Waals surface area (Å²) in [5, 5.41) is 8.86. The molecule has 0 radical (unpaired) electrons. The highest BCUT2D eigenvalue weighted by Crippen LogP contribution is 2.14. The normalized spacial score (nSPS) is 19.1. The molecule has 1 atom stereocenters. The summed E-state index contributed by atoms with van der Waals surface area (Å²) in [6.07, 6.45) is 1.64. The number of benzene rings is 1. The predicted octanol–water partition coefficient (Wildman–Crippen LogP) is 1.85. The Morgan fingerprint density at radius 1 is 1.29 bits per heavy atom. The summed E-state index contributed by atoms with van der Waals surface area (Å²) in [4.78, 5) is 15.1. The molecule has 5 heteroatoms. The molecule has 1 heterocycles. The lowest BCUT2D eigenvalue weighted by Gasteiger charge is -2.28. The van der Waals surface area contributed by atoms with E-state index in [4.69, 9.17) is 5.11 Å². The fourth-order valence-corrected chi connectivity index (χ4v) is 2.89. The van der Waals surface area contributed by atoms with Crippen molar-refractivity contribution in [2.45, 2.75) is 25.8 Å². The Morgan fingerprint density at radius 3 is 2.76 bits per heavy atom. The fourth-order valence-electron chi connectivity index (χ4n) is 2.89. The van der Waals surface area contributed by atoms with Crippen molar-refractivity contribution < 1.29 is 14.3 Å². The first-order valence-electron chi connectivity index (χ1n) is 7.48. The van der Waals surface area contributed by atoms with Crippen molar-refractivity contribution in [1.82, 2.24) is 9.80 Å². The summed E-state index contributed by atoms with van der Waals surface area (Å²) >= 11 is 0. The summed E-state index contributed by atoms with van der Waals surface area (Å²) < 4.78 is 13.7. The smallest absolute Gasteiger partial charge is 0.317 e. The van der Waals surface area contributed by atoms with E-state index in [1.165, 1.54) is 6.07 Å². The highest BCUT2D eigenvalue weighted by atomic mass is 19.1. The van der Waals surface area contributed by atoms with E-state index < -0.39 is 5.97 Å². The van der Waals surface area contributed by atoms with E-state index in [9.17, 15) is 9.18 Å². The summed E-state index contributed by atoms with van der Waals surface area (Å²) in [7, 11) is 0. The van der Waals surface area contributed by atoms with Crippen LogP contribution >= 0.6 is 0 Å². The number of carboxylic acids is 1. The quantitative estimate of drug-likeness (QED) is 0.900. The van der Waals surface area contributed by atoms with Gasteiger partial charge >= 0.3 is 5.97 Å². The number of nitrogens with zero attached hydrogens (tertiary/aromatic N) is 2. The molecule has 1 fully saturated rings. The van der Waals surface area contributed by atoms with Crippen LogP contribution in [-0.4, -0.2) is 59.6 Å². The van der Waals surface area contributed by atoms with Gasteiger partial charge in [0.1, 0.15) is 5.82 Å². The largest absolute Gasteiger partial charge is 0.480 e. The van der Waals surface area contributed by atoms with Gasteiger partial charge in [-0.2, -0.15) is 0 Å². The van der Waals surface area contributed by atoms with E-state index in [-0.39, 0.29) is 18.4 Å². The molecule has 116 valence electrons. The van der Waals surface area contributed by atoms with Crippen molar-refractivity contribution >= 4 is 5.97 Å². The molecule has 2 rings (SSSR count). The van der Waals surface area contributed by atoms with E-state index in [0.29, 0.717) is 6.42 Å². The molecule has 1 aromatic rings. The molecule has 21 heavy (non-hydrogen) atoms. The van der Waals surface area contributed by atoms with Crippen LogP contribution in [-0.2, 0) is 11.2 Å². The van der Waals surface area contributed by atoms with Crippen LogP contribution in [0.2, 0.25) is 0 Å². The third-order valence-corrected chi connectivity index (χ3v) is 4.08. The van der Waals surface area contributed by atoms with Crippen LogP contribution in [0.3, 0.4) is 0 Å². The second-order valence-corrected chi connectivity index (χ2v) is 5.70. The molecule has 1 aliphatic rings. The van der Waals surface area contributed by atoms with Gasteiger partial charge in [0.2, 0.25) is 0 Å². The number of carbonyl (C=O) groups is 1. The minimum absolute atomic E-state index is 0.107. The van der Waals surface area contributed by atoms with Crippen molar-refractivity contribution in [2.75, 3.05) is 32.7 Å². The molecule has 0 aliphatic carbocycles. The minimum atomic E-state index is -0.775. The molecule has 1 saturated heterocycles. The van der Waals surface area contributed by atoms with Crippen molar-refractivity contribution in [3.05, 3.63) is 35.6 Å².